The first-order valence-electron chi connectivity index (χ1n) is 5.71. The van der Waals surface area contributed by atoms with Crippen LogP contribution in [0.1, 0.15) is 11.1 Å². The number of hydrogen-bond acceptors (Lipinski definition) is 0. The predicted octanol–water partition coefficient (Wildman–Crippen LogP) is 3.78. The minimum absolute atomic E-state index is 0.240. The van der Waals surface area contributed by atoms with Gasteiger partial charge in [0, 0.05) is 6.42 Å². The lowest BCUT2D eigenvalue weighted by Gasteiger charge is -1.91. The van der Waals surface area contributed by atoms with E-state index in [0.29, 0.717) is 0 Å². The molecule has 0 aliphatic heterocycles. The number of halogens is 1. The quantitative estimate of drug-likeness (QED) is 0.695. The van der Waals surface area contributed by atoms with Crippen molar-refractivity contribution in [1.29, 1.82) is 0 Å². The lowest BCUT2D eigenvalue weighted by Crippen LogP contribution is -1.78. The third kappa shape index (κ3) is 3.92. The van der Waals surface area contributed by atoms with E-state index in [2.05, 4.69) is 17.9 Å². The molecule has 2 aromatic rings. The molecule has 0 nitrogen and oxygen atoms in total. The fraction of sp³-hybridized carbons (Fsp3) is 0.0588. The largest absolute Gasteiger partial charge is 0.207 e. The van der Waals surface area contributed by atoms with Crippen molar-refractivity contribution in [3.63, 3.8) is 0 Å². The summed E-state index contributed by atoms with van der Waals surface area (Å²) in [5.41, 5.74) is 2.02. The second-order valence-electron chi connectivity index (χ2n) is 3.78. The summed E-state index contributed by atoms with van der Waals surface area (Å²) in [5.74, 6) is 5.72. The van der Waals surface area contributed by atoms with Crippen LogP contribution in [0, 0.1) is 23.7 Å². The average Bonchev–Trinajstić information content (AvgIpc) is 2.42. The second-order valence-corrected chi connectivity index (χ2v) is 3.78. The fourth-order valence-electron chi connectivity index (χ4n) is 1.47. The van der Waals surface area contributed by atoms with Crippen LogP contribution in [0.4, 0.5) is 4.39 Å². The third-order valence-corrected chi connectivity index (χ3v) is 2.39. The maximum atomic E-state index is 12.7. The molecule has 0 bridgehead atoms. The van der Waals surface area contributed by atoms with Crippen molar-refractivity contribution in [2.45, 2.75) is 6.42 Å². The van der Waals surface area contributed by atoms with Gasteiger partial charge in [-0.2, -0.15) is 0 Å². The van der Waals surface area contributed by atoms with Crippen molar-refractivity contribution in [2.75, 3.05) is 0 Å². The highest BCUT2D eigenvalue weighted by molar-refractivity contribution is 5.28. The molecule has 0 saturated carbocycles. The monoisotopic (exact) mass is 235 g/mol. The van der Waals surface area contributed by atoms with Crippen molar-refractivity contribution < 1.29 is 4.39 Å². The highest BCUT2D eigenvalue weighted by Gasteiger charge is 1.88. The molecule has 0 N–H and O–H groups in total. The molecular weight excluding hydrogens is 223 g/mol. The minimum Gasteiger partial charge on any atom is -0.207 e. The molecule has 0 amide bonds. The standard InChI is InChI=1S/C17H12F/c18-17-13-11-16(12-14-17)10-6-2-5-9-15-7-3-1-4-8-15/h1,3-4,6-8,11-14H,9H2. The van der Waals surface area contributed by atoms with Crippen LogP contribution < -0.4 is 0 Å². The first-order valence-corrected chi connectivity index (χ1v) is 5.71. The summed E-state index contributed by atoms with van der Waals surface area (Å²) in [5, 5.41) is 0. The lowest BCUT2D eigenvalue weighted by molar-refractivity contribution is 0.627. The van der Waals surface area contributed by atoms with Gasteiger partial charge in [-0.15, -0.1) is 0 Å². The van der Waals surface area contributed by atoms with Crippen LogP contribution in [0.25, 0.3) is 0 Å². The first kappa shape index (κ1) is 12.1. The average molecular weight is 235 g/mol. The van der Waals surface area contributed by atoms with E-state index >= 15 is 0 Å². The van der Waals surface area contributed by atoms with Crippen LogP contribution in [-0.4, -0.2) is 0 Å². The molecule has 2 rings (SSSR count). The van der Waals surface area contributed by atoms with Gasteiger partial charge in [-0.05, 0) is 35.4 Å². The number of rotatable bonds is 2. The Kier molecular flexibility index (Phi) is 4.33. The van der Waals surface area contributed by atoms with Gasteiger partial charge in [-0.3, -0.25) is 0 Å². The third-order valence-electron chi connectivity index (χ3n) is 2.39. The van der Waals surface area contributed by atoms with E-state index in [0.717, 1.165) is 12.0 Å². The van der Waals surface area contributed by atoms with E-state index in [-0.39, 0.29) is 5.82 Å². The molecular formula is C17H12F. The molecule has 0 heterocycles. The van der Waals surface area contributed by atoms with Gasteiger partial charge in [0.1, 0.15) is 5.82 Å². The van der Waals surface area contributed by atoms with Gasteiger partial charge in [0.15, 0.2) is 0 Å². The summed E-state index contributed by atoms with van der Waals surface area (Å²) < 4.78 is 12.7. The molecule has 0 fully saturated rings. The van der Waals surface area contributed by atoms with Gasteiger partial charge in [0.25, 0.3) is 0 Å². The summed E-state index contributed by atoms with van der Waals surface area (Å²) in [6.07, 6.45) is 5.38. The van der Waals surface area contributed by atoms with Crippen LogP contribution in [0.3, 0.4) is 0 Å². The highest BCUT2D eigenvalue weighted by Crippen LogP contribution is 2.02. The van der Waals surface area contributed by atoms with Gasteiger partial charge in [-0.1, -0.05) is 54.3 Å². The smallest absolute Gasteiger partial charge is 0.123 e. The molecule has 1 heteroatoms. The molecule has 0 saturated heterocycles. The van der Waals surface area contributed by atoms with Crippen LogP contribution in [0.15, 0.2) is 60.7 Å². The fourth-order valence-corrected chi connectivity index (χ4v) is 1.47. The van der Waals surface area contributed by atoms with E-state index in [1.165, 1.54) is 17.7 Å². The zero-order valence-electron chi connectivity index (χ0n) is 9.86. The van der Waals surface area contributed by atoms with E-state index in [4.69, 9.17) is 0 Å². The maximum absolute atomic E-state index is 12.7. The number of hydrogen-bond donors (Lipinski definition) is 0. The summed E-state index contributed by atoms with van der Waals surface area (Å²) in [4.78, 5) is 0. The van der Waals surface area contributed by atoms with Crippen molar-refractivity contribution in [2.24, 2.45) is 0 Å². The second kappa shape index (κ2) is 6.42. The molecule has 0 unspecified atom stereocenters. The van der Waals surface area contributed by atoms with Gasteiger partial charge in [0.2, 0.25) is 0 Å². The molecule has 0 aliphatic rings. The van der Waals surface area contributed by atoms with Crippen molar-refractivity contribution in [1.82, 2.24) is 0 Å². The van der Waals surface area contributed by atoms with Gasteiger partial charge in [0.05, 0.1) is 0 Å². The molecule has 87 valence electrons. The molecule has 1 radical (unpaired) electrons. The summed E-state index contributed by atoms with van der Waals surface area (Å²) in [7, 11) is 0. The van der Waals surface area contributed by atoms with Gasteiger partial charge >= 0.3 is 0 Å². The van der Waals surface area contributed by atoms with Crippen LogP contribution in [0.5, 0.6) is 0 Å². The van der Waals surface area contributed by atoms with Crippen LogP contribution in [0.2, 0.25) is 0 Å². The summed E-state index contributed by atoms with van der Waals surface area (Å²) in [6, 6.07) is 16.2. The van der Waals surface area contributed by atoms with Crippen molar-refractivity contribution in [3.05, 3.63) is 83.7 Å². The zero-order chi connectivity index (χ0) is 12.6. The molecule has 0 atom stereocenters. The number of benzene rings is 2. The maximum Gasteiger partial charge on any atom is 0.123 e. The highest BCUT2D eigenvalue weighted by atomic mass is 19.1. The predicted molar refractivity (Wildman–Crippen MR) is 71.2 cm³/mol. The Labute approximate surface area is 107 Å². The Bertz CT molecular complexity index is 569. The molecule has 0 aliphatic carbocycles. The SMILES string of the molecule is Fc1ccc(/[C]=C/C#CCc2ccccc2)cc1. The Balaban J connectivity index is 1.90. The molecule has 18 heavy (non-hydrogen) atoms. The van der Waals surface area contributed by atoms with E-state index in [1.807, 2.05) is 30.3 Å². The van der Waals surface area contributed by atoms with Crippen molar-refractivity contribution >= 4 is 0 Å². The van der Waals surface area contributed by atoms with Crippen LogP contribution >= 0.6 is 0 Å². The topological polar surface area (TPSA) is 0 Å². The van der Waals surface area contributed by atoms with E-state index in [9.17, 15) is 4.39 Å². The molecule has 0 aromatic heterocycles. The van der Waals surface area contributed by atoms with E-state index < -0.39 is 0 Å². The Morgan fingerprint density at radius 1 is 0.944 bits per heavy atom. The Morgan fingerprint density at radius 2 is 1.67 bits per heavy atom. The molecule has 0 spiro atoms. The van der Waals surface area contributed by atoms with E-state index in [1.54, 1.807) is 18.2 Å². The zero-order valence-corrected chi connectivity index (χ0v) is 9.86. The summed E-state index contributed by atoms with van der Waals surface area (Å²) in [6.45, 7) is 0. The van der Waals surface area contributed by atoms with Crippen molar-refractivity contribution in [3.8, 4) is 11.8 Å². The summed E-state index contributed by atoms with van der Waals surface area (Å²) >= 11 is 0. The lowest BCUT2D eigenvalue weighted by atomic mass is 10.1. The number of allylic oxidation sites excluding steroid dienone is 1. The normalized spacial score (nSPS) is 10.1. The van der Waals surface area contributed by atoms with Gasteiger partial charge in [-0.25, -0.2) is 4.39 Å². The first-order chi connectivity index (χ1) is 8.84. The molecule has 2 aromatic carbocycles. The van der Waals surface area contributed by atoms with Gasteiger partial charge < -0.3 is 0 Å². The van der Waals surface area contributed by atoms with Crippen LogP contribution in [-0.2, 0) is 6.42 Å². The Hall–Kier alpha value is -2.33. The minimum atomic E-state index is -0.240. The Morgan fingerprint density at radius 3 is 2.39 bits per heavy atom.